The Balaban J connectivity index is 0. The first-order chi connectivity index (χ1) is 8.45. The first-order valence-corrected chi connectivity index (χ1v) is 5.85. The molecule has 0 saturated heterocycles. The second-order valence-corrected chi connectivity index (χ2v) is 3.79. The molecular formula is C11H24O7. The molecule has 0 spiro atoms. The van der Waals surface area contributed by atoms with Crippen molar-refractivity contribution in [3.63, 3.8) is 0 Å². The molecule has 0 saturated carbocycles. The van der Waals surface area contributed by atoms with E-state index in [2.05, 4.69) is 6.92 Å². The Morgan fingerprint density at radius 3 is 1.83 bits per heavy atom. The molecule has 0 radical (unpaired) electrons. The molecule has 0 amide bonds. The summed E-state index contributed by atoms with van der Waals surface area (Å²) < 4.78 is 0. The Kier molecular flexibility index (Phi) is 14.1. The van der Waals surface area contributed by atoms with Crippen molar-refractivity contribution in [1.29, 1.82) is 0 Å². The van der Waals surface area contributed by atoms with Gasteiger partial charge in [-0.05, 0) is 6.42 Å². The van der Waals surface area contributed by atoms with E-state index in [0.717, 1.165) is 12.8 Å². The van der Waals surface area contributed by atoms with Crippen LogP contribution in [0.3, 0.4) is 0 Å². The van der Waals surface area contributed by atoms with E-state index in [1.54, 1.807) is 0 Å². The monoisotopic (exact) mass is 268 g/mol. The lowest BCUT2D eigenvalue weighted by atomic mass is 10.0. The van der Waals surface area contributed by atoms with Crippen molar-refractivity contribution in [1.82, 2.24) is 0 Å². The number of aliphatic hydroxyl groups excluding tert-OH is 6. The molecule has 0 unspecified atom stereocenters. The van der Waals surface area contributed by atoms with E-state index < -0.39 is 31.0 Å². The summed E-state index contributed by atoms with van der Waals surface area (Å²) in [5, 5.41) is 51.7. The molecule has 0 aromatic carbocycles. The fraction of sp³-hybridized carbons (Fsp3) is 0.909. The second kappa shape index (κ2) is 12.9. The molecule has 4 atom stereocenters. The number of hydrogen-bond acceptors (Lipinski definition) is 7. The number of rotatable bonds is 8. The molecule has 0 aromatic rings. The average molecular weight is 268 g/mol. The van der Waals surface area contributed by atoms with Gasteiger partial charge in [0.05, 0.1) is 6.61 Å². The average Bonchev–Trinajstić information content (AvgIpc) is 2.42. The van der Waals surface area contributed by atoms with Crippen LogP contribution in [0.4, 0.5) is 0 Å². The summed E-state index contributed by atoms with van der Waals surface area (Å²) in [7, 11) is 0. The molecule has 0 aliphatic rings. The largest absolute Gasteiger partial charge is 0.396 e. The lowest BCUT2D eigenvalue weighted by Crippen LogP contribution is -2.46. The lowest BCUT2D eigenvalue weighted by molar-refractivity contribution is -0.136. The molecular weight excluding hydrogens is 244 g/mol. The lowest BCUT2D eigenvalue weighted by Gasteiger charge is -2.22. The van der Waals surface area contributed by atoms with Crippen LogP contribution in [0.1, 0.15) is 26.2 Å². The van der Waals surface area contributed by atoms with Crippen molar-refractivity contribution in [2.45, 2.75) is 50.6 Å². The van der Waals surface area contributed by atoms with Crippen LogP contribution in [-0.4, -0.2) is 74.6 Å². The predicted molar refractivity (Wildman–Crippen MR) is 63.8 cm³/mol. The van der Waals surface area contributed by atoms with Crippen LogP contribution in [0.2, 0.25) is 0 Å². The molecule has 0 rings (SSSR count). The quantitative estimate of drug-likeness (QED) is 0.217. The van der Waals surface area contributed by atoms with Crippen molar-refractivity contribution >= 4 is 6.29 Å². The van der Waals surface area contributed by atoms with Crippen LogP contribution in [0.25, 0.3) is 0 Å². The van der Waals surface area contributed by atoms with E-state index in [0.29, 0.717) is 6.61 Å². The summed E-state index contributed by atoms with van der Waals surface area (Å²) in [5.41, 5.74) is 0. The van der Waals surface area contributed by atoms with Gasteiger partial charge in [0.25, 0.3) is 0 Å². The van der Waals surface area contributed by atoms with Gasteiger partial charge in [0.1, 0.15) is 24.4 Å². The van der Waals surface area contributed by atoms with Gasteiger partial charge in [0, 0.05) is 6.61 Å². The molecule has 0 fully saturated rings. The number of carbonyl (C=O) groups is 1. The summed E-state index contributed by atoms with van der Waals surface area (Å²) in [5.74, 6) is 0. The highest BCUT2D eigenvalue weighted by Crippen LogP contribution is 2.02. The van der Waals surface area contributed by atoms with Crippen LogP contribution >= 0.6 is 0 Å². The Bertz CT molecular complexity index is 184. The number of hydrogen-bond donors (Lipinski definition) is 6. The Labute approximate surface area is 106 Å². The first-order valence-electron chi connectivity index (χ1n) is 5.85. The van der Waals surface area contributed by atoms with Gasteiger partial charge < -0.3 is 35.4 Å². The van der Waals surface area contributed by atoms with Gasteiger partial charge in [0.2, 0.25) is 0 Å². The van der Waals surface area contributed by atoms with Gasteiger partial charge in [0.15, 0.2) is 6.29 Å². The smallest absolute Gasteiger partial charge is 0.151 e. The molecule has 110 valence electrons. The molecule has 0 bridgehead atoms. The fourth-order valence-corrected chi connectivity index (χ4v) is 0.980. The van der Waals surface area contributed by atoms with Crippen LogP contribution < -0.4 is 0 Å². The van der Waals surface area contributed by atoms with Crippen molar-refractivity contribution in [2.24, 2.45) is 0 Å². The minimum atomic E-state index is -1.79. The highest BCUT2D eigenvalue weighted by molar-refractivity contribution is 5.56. The van der Waals surface area contributed by atoms with Crippen LogP contribution in [0, 0.1) is 0 Å². The molecule has 0 aliphatic heterocycles. The van der Waals surface area contributed by atoms with Crippen molar-refractivity contribution < 1.29 is 35.4 Å². The summed E-state index contributed by atoms with van der Waals surface area (Å²) in [4.78, 5) is 9.90. The van der Waals surface area contributed by atoms with Gasteiger partial charge in [-0.2, -0.15) is 0 Å². The van der Waals surface area contributed by atoms with Crippen molar-refractivity contribution in [3.8, 4) is 0 Å². The van der Waals surface area contributed by atoms with Crippen molar-refractivity contribution in [2.75, 3.05) is 13.2 Å². The third-order valence-corrected chi connectivity index (χ3v) is 2.18. The van der Waals surface area contributed by atoms with E-state index in [1.165, 1.54) is 6.42 Å². The topological polar surface area (TPSA) is 138 Å². The third kappa shape index (κ3) is 9.46. The van der Waals surface area contributed by atoms with Gasteiger partial charge >= 0.3 is 0 Å². The van der Waals surface area contributed by atoms with Crippen LogP contribution in [0.15, 0.2) is 0 Å². The van der Waals surface area contributed by atoms with E-state index in [1.807, 2.05) is 0 Å². The fourth-order valence-electron chi connectivity index (χ4n) is 0.980. The zero-order chi connectivity index (χ0) is 14.6. The number of unbranched alkanes of at least 4 members (excludes halogenated alkanes) is 2. The molecule has 0 heterocycles. The summed E-state index contributed by atoms with van der Waals surface area (Å²) in [6.07, 6.45) is -3.51. The third-order valence-electron chi connectivity index (χ3n) is 2.18. The van der Waals surface area contributed by atoms with Gasteiger partial charge in [-0.15, -0.1) is 0 Å². The maximum Gasteiger partial charge on any atom is 0.151 e. The molecule has 0 aromatic heterocycles. The maximum absolute atomic E-state index is 9.90. The van der Waals surface area contributed by atoms with Crippen LogP contribution in [0.5, 0.6) is 0 Å². The minimum Gasteiger partial charge on any atom is -0.396 e. The number of carbonyl (C=O) groups excluding carboxylic acids is 1. The first kappa shape index (κ1) is 19.8. The van der Waals surface area contributed by atoms with Crippen molar-refractivity contribution in [3.05, 3.63) is 0 Å². The predicted octanol–water partition coefficient (Wildman–Crippen LogP) is -2.21. The zero-order valence-electron chi connectivity index (χ0n) is 10.5. The van der Waals surface area contributed by atoms with E-state index in [9.17, 15) is 4.79 Å². The van der Waals surface area contributed by atoms with E-state index in [-0.39, 0.29) is 6.29 Å². The number of aliphatic hydroxyl groups is 6. The molecule has 6 N–H and O–H groups in total. The van der Waals surface area contributed by atoms with Gasteiger partial charge in [-0.3, -0.25) is 0 Å². The number of aldehydes is 1. The molecule has 7 nitrogen and oxygen atoms in total. The van der Waals surface area contributed by atoms with Crippen LogP contribution in [-0.2, 0) is 4.79 Å². The molecule has 0 aliphatic carbocycles. The molecule has 18 heavy (non-hydrogen) atoms. The summed E-state index contributed by atoms with van der Waals surface area (Å²) >= 11 is 0. The van der Waals surface area contributed by atoms with E-state index >= 15 is 0 Å². The zero-order valence-corrected chi connectivity index (χ0v) is 10.5. The molecule has 7 heteroatoms. The summed E-state index contributed by atoms with van der Waals surface area (Å²) in [6.45, 7) is 1.72. The summed E-state index contributed by atoms with van der Waals surface area (Å²) in [6, 6.07) is 0. The highest BCUT2D eigenvalue weighted by atomic mass is 16.4. The standard InChI is InChI=1S/C6H12O6.C5H12O/c7-1-3(9)5(11)6(12)4(10)2-8;1-2-3-4-5-6/h1,3-6,8-12H,2H2;6H,2-5H2,1H3/t3-,4+,5+,6+;/m0./s1. The highest BCUT2D eigenvalue weighted by Gasteiger charge is 2.29. The minimum absolute atomic E-state index is 0.0258. The SMILES string of the molecule is CCCCCO.O=C[C@H](O)[C@@H](O)[C@H](O)[C@H](O)CO. The van der Waals surface area contributed by atoms with Gasteiger partial charge in [-0.25, -0.2) is 0 Å². The maximum atomic E-state index is 9.90. The Morgan fingerprint density at radius 2 is 1.56 bits per heavy atom. The van der Waals surface area contributed by atoms with Gasteiger partial charge in [-0.1, -0.05) is 19.8 Å². The Morgan fingerprint density at radius 1 is 1.00 bits per heavy atom. The van der Waals surface area contributed by atoms with E-state index in [4.69, 9.17) is 30.6 Å². The second-order valence-electron chi connectivity index (χ2n) is 3.79. The normalized spacial score (nSPS) is 17.1. The Hall–Kier alpha value is -0.570.